The van der Waals surface area contributed by atoms with Gasteiger partial charge in [0.25, 0.3) is 0 Å². The third-order valence-electron chi connectivity index (χ3n) is 11.0. The van der Waals surface area contributed by atoms with Gasteiger partial charge in [0.1, 0.15) is 16.9 Å². The highest BCUT2D eigenvalue weighted by Crippen LogP contribution is 2.46. The number of pyridine rings is 2. The zero-order valence-electron chi connectivity index (χ0n) is 31.5. The number of fused-ring (bicyclic) bond motifs is 5. The Balaban J connectivity index is 1.01. The molecule has 0 aliphatic carbocycles. The van der Waals surface area contributed by atoms with E-state index in [4.69, 9.17) is 14.4 Å². The minimum absolute atomic E-state index is 0.228. The lowest BCUT2D eigenvalue weighted by molar-refractivity contribution is 0.483. The van der Waals surface area contributed by atoms with Crippen LogP contribution in [-0.2, 0) is 0 Å². The fourth-order valence-corrected chi connectivity index (χ4v) is 9.51. The summed E-state index contributed by atoms with van der Waals surface area (Å²) in [5.41, 5.74) is 12.2. The molecule has 0 radical (unpaired) electrons. The van der Waals surface area contributed by atoms with Gasteiger partial charge in [0.2, 0.25) is 0 Å². The van der Waals surface area contributed by atoms with Gasteiger partial charge >= 0.3 is 0 Å². The van der Waals surface area contributed by atoms with Crippen LogP contribution in [0, 0.1) is 6.92 Å². The minimum atomic E-state index is 0.228. The molecule has 1 N–H and O–H groups in total. The van der Waals surface area contributed by atoms with E-state index in [1.807, 2.05) is 78.1 Å². The first-order valence-corrected chi connectivity index (χ1v) is 20.2. The second-order valence-corrected chi connectivity index (χ2v) is 15.8. The number of aromatic nitrogens is 2. The van der Waals surface area contributed by atoms with Crippen molar-refractivity contribution in [1.82, 2.24) is 9.97 Å². The van der Waals surface area contributed by atoms with E-state index in [2.05, 4.69) is 122 Å². The molecule has 4 heterocycles. The molecule has 4 nitrogen and oxygen atoms in total. The summed E-state index contributed by atoms with van der Waals surface area (Å²) in [7, 11) is 0. The second-order valence-electron chi connectivity index (χ2n) is 14.8. The highest BCUT2D eigenvalue weighted by atomic mass is 32.1. The van der Waals surface area contributed by atoms with Crippen molar-refractivity contribution in [3.8, 4) is 71.5 Å². The number of para-hydroxylation sites is 1. The SMILES string of the molecule is Cc1cc(-c2sc(-c3ccc4c(c3)oc3ccccc34)c3ccccc23)cc(-c2cccc(-c3cc(-c4ccccc4)cc(-c4ccc5ccccc5c4O)n3)c2)n1. The van der Waals surface area contributed by atoms with Gasteiger partial charge in [-0.05, 0) is 89.2 Å². The molecule has 0 aliphatic heterocycles. The Morgan fingerprint density at radius 1 is 0.414 bits per heavy atom. The number of aryl methyl sites for hydroxylation is 1. The Morgan fingerprint density at radius 3 is 1.84 bits per heavy atom. The number of thiophene rings is 1. The quantitative estimate of drug-likeness (QED) is 0.183. The van der Waals surface area contributed by atoms with E-state index in [9.17, 15) is 5.11 Å². The van der Waals surface area contributed by atoms with Crippen LogP contribution in [0.3, 0.4) is 0 Å². The van der Waals surface area contributed by atoms with Crippen LogP contribution in [0.2, 0.25) is 0 Å². The first-order chi connectivity index (χ1) is 28.5. The summed E-state index contributed by atoms with van der Waals surface area (Å²) in [5, 5.41) is 18.0. The van der Waals surface area contributed by atoms with Crippen molar-refractivity contribution < 1.29 is 9.52 Å². The van der Waals surface area contributed by atoms with Gasteiger partial charge in [-0.15, -0.1) is 11.3 Å². The summed E-state index contributed by atoms with van der Waals surface area (Å²) in [6.45, 7) is 2.07. The largest absolute Gasteiger partial charge is 0.507 e. The van der Waals surface area contributed by atoms with E-state index in [1.54, 1.807) is 0 Å². The van der Waals surface area contributed by atoms with Crippen LogP contribution in [0.15, 0.2) is 186 Å². The Bertz CT molecular complexity index is 3380. The molecule has 11 rings (SSSR count). The summed E-state index contributed by atoms with van der Waals surface area (Å²) in [5.74, 6) is 0.228. The van der Waals surface area contributed by atoms with Crippen molar-refractivity contribution in [2.75, 3.05) is 0 Å². The van der Waals surface area contributed by atoms with Crippen molar-refractivity contribution in [3.05, 3.63) is 188 Å². The Labute approximate surface area is 339 Å². The lowest BCUT2D eigenvalue weighted by atomic mass is 9.97. The second kappa shape index (κ2) is 13.7. The summed E-state index contributed by atoms with van der Waals surface area (Å²) >= 11 is 1.81. The molecule has 0 amide bonds. The first-order valence-electron chi connectivity index (χ1n) is 19.4. The Morgan fingerprint density at radius 2 is 1.03 bits per heavy atom. The monoisotopic (exact) mass is 762 g/mol. The molecule has 7 aromatic carbocycles. The molecule has 0 bridgehead atoms. The van der Waals surface area contributed by atoms with Crippen LogP contribution in [0.1, 0.15) is 5.69 Å². The predicted molar refractivity (Wildman–Crippen MR) is 241 cm³/mol. The van der Waals surface area contributed by atoms with Crippen LogP contribution < -0.4 is 0 Å². The Hall–Kier alpha value is -7.34. The molecule has 0 saturated carbocycles. The number of phenols is 1. The highest BCUT2D eigenvalue weighted by molar-refractivity contribution is 7.21. The standard InChI is InChI=1S/C53H34N2O2S/c1-32-26-39(53-44-20-8-7-19-43(44)52(58-53)37-23-24-42-41-18-9-10-21-49(41)57-50(42)31-37)30-46(54-32)35-15-11-16-36(27-35)47-28-38(33-12-3-2-4-13-33)29-48(55-47)45-25-22-34-14-5-6-17-40(34)51(45)56/h2-31,56H,1H3. The summed E-state index contributed by atoms with van der Waals surface area (Å²) in [6, 6.07) is 62.7. The van der Waals surface area contributed by atoms with E-state index < -0.39 is 0 Å². The van der Waals surface area contributed by atoms with Crippen molar-refractivity contribution >= 4 is 54.8 Å². The number of hydrogen-bond donors (Lipinski definition) is 1. The van der Waals surface area contributed by atoms with Crippen LogP contribution in [0.4, 0.5) is 0 Å². The third kappa shape index (κ3) is 5.83. The predicted octanol–water partition coefficient (Wildman–Crippen LogP) is 14.8. The van der Waals surface area contributed by atoms with Crippen LogP contribution in [0.25, 0.3) is 109 Å². The molecule has 0 atom stereocenters. The molecule has 0 unspecified atom stereocenters. The van der Waals surface area contributed by atoms with Crippen molar-refractivity contribution in [3.63, 3.8) is 0 Å². The number of rotatable bonds is 6. The number of benzene rings is 7. The fourth-order valence-electron chi connectivity index (χ4n) is 8.25. The molecule has 4 aromatic heterocycles. The lowest BCUT2D eigenvalue weighted by Gasteiger charge is -2.13. The van der Waals surface area contributed by atoms with Crippen molar-refractivity contribution in [2.45, 2.75) is 6.92 Å². The lowest BCUT2D eigenvalue weighted by Crippen LogP contribution is -1.93. The smallest absolute Gasteiger partial charge is 0.136 e. The van der Waals surface area contributed by atoms with Gasteiger partial charge in [0.15, 0.2) is 0 Å². The molecule has 11 aromatic rings. The van der Waals surface area contributed by atoms with Crippen LogP contribution >= 0.6 is 11.3 Å². The Kier molecular flexibility index (Phi) is 8.02. The van der Waals surface area contributed by atoms with Gasteiger partial charge in [0.05, 0.1) is 17.1 Å². The molecule has 0 aliphatic rings. The maximum Gasteiger partial charge on any atom is 0.136 e. The molecule has 58 heavy (non-hydrogen) atoms. The van der Waals surface area contributed by atoms with Crippen LogP contribution in [-0.4, -0.2) is 15.1 Å². The number of furan rings is 1. The normalized spacial score (nSPS) is 11.6. The highest BCUT2D eigenvalue weighted by Gasteiger charge is 2.19. The van der Waals surface area contributed by atoms with Crippen molar-refractivity contribution in [1.29, 1.82) is 0 Å². The maximum atomic E-state index is 11.5. The van der Waals surface area contributed by atoms with E-state index >= 15 is 0 Å². The molecular formula is C53H34N2O2S. The van der Waals surface area contributed by atoms with Gasteiger partial charge in [-0.2, -0.15) is 0 Å². The fraction of sp³-hybridized carbons (Fsp3) is 0.0189. The number of phenolic OH excluding ortho intramolecular Hbond substituents is 1. The molecule has 274 valence electrons. The minimum Gasteiger partial charge on any atom is -0.507 e. The molecule has 0 saturated heterocycles. The number of aromatic hydroxyl groups is 1. The van der Waals surface area contributed by atoms with E-state index in [0.29, 0.717) is 11.3 Å². The summed E-state index contributed by atoms with van der Waals surface area (Å²) in [4.78, 5) is 12.7. The zero-order valence-corrected chi connectivity index (χ0v) is 32.3. The number of hydrogen-bond acceptors (Lipinski definition) is 5. The van der Waals surface area contributed by atoms with Crippen molar-refractivity contribution in [2.24, 2.45) is 0 Å². The van der Waals surface area contributed by atoms with E-state index in [-0.39, 0.29) is 5.75 Å². The average Bonchev–Trinajstić information content (AvgIpc) is 3.85. The molecule has 0 spiro atoms. The summed E-state index contributed by atoms with van der Waals surface area (Å²) < 4.78 is 6.30. The van der Waals surface area contributed by atoms with Gasteiger partial charge in [0, 0.05) is 59.1 Å². The zero-order chi connectivity index (χ0) is 38.7. The van der Waals surface area contributed by atoms with Gasteiger partial charge in [-0.3, -0.25) is 4.98 Å². The van der Waals surface area contributed by atoms with E-state index in [1.165, 1.54) is 20.5 Å². The molecular weight excluding hydrogens is 729 g/mol. The summed E-state index contributed by atoms with van der Waals surface area (Å²) in [6.07, 6.45) is 0. The molecule has 5 heteroatoms. The maximum absolute atomic E-state index is 11.5. The van der Waals surface area contributed by atoms with E-state index in [0.717, 1.165) is 83.2 Å². The van der Waals surface area contributed by atoms with Gasteiger partial charge in [-0.1, -0.05) is 127 Å². The third-order valence-corrected chi connectivity index (χ3v) is 12.4. The van der Waals surface area contributed by atoms with Gasteiger partial charge < -0.3 is 9.52 Å². The number of nitrogens with zero attached hydrogens (tertiary/aromatic N) is 2. The van der Waals surface area contributed by atoms with Gasteiger partial charge in [-0.25, -0.2) is 4.98 Å². The van der Waals surface area contributed by atoms with Crippen LogP contribution in [0.5, 0.6) is 5.75 Å². The average molecular weight is 763 g/mol. The molecule has 0 fully saturated rings. The topological polar surface area (TPSA) is 59.2 Å². The first kappa shape index (κ1) is 34.0.